The fourth-order valence-corrected chi connectivity index (χ4v) is 3.56. The van der Waals surface area contributed by atoms with Crippen molar-refractivity contribution in [3.05, 3.63) is 11.6 Å². The molecule has 2 fully saturated rings. The first kappa shape index (κ1) is 15.6. The minimum atomic E-state index is -0.943. The fourth-order valence-electron chi connectivity index (χ4n) is 3.56. The summed E-state index contributed by atoms with van der Waals surface area (Å²) in [5.41, 5.74) is -0.395. The molecule has 0 bridgehead atoms. The second-order valence-corrected chi connectivity index (χ2v) is 6.29. The quantitative estimate of drug-likeness (QED) is 0.630. The second kappa shape index (κ2) is 7.26. The molecular weight excluding hydrogens is 252 g/mol. The third-order valence-electron chi connectivity index (χ3n) is 4.73. The molecule has 1 N–H and O–H groups in total. The number of aliphatic hydroxyl groups is 1. The van der Waals surface area contributed by atoms with E-state index in [4.69, 9.17) is 4.74 Å². The number of esters is 1. The van der Waals surface area contributed by atoms with E-state index in [1.54, 1.807) is 0 Å². The van der Waals surface area contributed by atoms with Crippen molar-refractivity contribution in [1.29, 1.82) is 0 Å². The maximum Gasteiger partial charge on any atom is 0.336 e. The van der Waals surface area contributed by atoms with E-state index in [2.05, 4.69) is 0 Å². The Bertz CT molecular complexity index is 347. The first-order chi connectivity index (χ1) is 9.65. The van der Waals surface area contributed by atoms with Gasteiger partial charge in [-0.25, -0.2) is 4.79 Å². The minimum absolute atomic E-state index is 0.303. The van der Waals surface area contributed by atoms with E-state index >= 15 is 0 Å². The van der Waals surface area contributed by atoms with Gasteiger partial charge < -0.3 is 9.84 Å². The van der Waals surface area contributed by atoms with Gasteiger partial charge in [0.2, 0.25) is 0 Å². The molecule has 0 saturated heterocycles. The normalized spacial score (nSPS) is 24.4. The van der Waals surface area contributed by atoms with E-state index in [0.717, 1.165) is 32.1 Å². The van der Waals surface area contributed by atoms with Crippen molar-refractivity contribution in [3.8, 4) is 0 Å². The maximum absolute atomic E-state index is 12.3. The maximum atomic E-state index is 12.3. The summed E-state index contributed by atoms with van der Waals surface area (Å²) in [5.74, 6) is 0.136. The molecule has 0 heterocycles. The highest BCUT2D eigenvalue weighted by Crippen LogP contribution is 2.37. The summed E-state index contributed by atoms with van der Waals surface area (Å²) in [6.45, 7) is 2.19. The van der Waals surface area contributed by atoms with Crippen LogP contribution >= 0.6 is 0 Å². The SMILES string of the molecule is CCOC(=O)C(=CC1CCCCC1)C1(O)CCCCC1. The molecule has 3 nitrogen and oxygen atoms in total. The van der Waals surface area contributed by atoms with Crippen molar-refractivity contribution >= 4 is 5.97 Å². The van der Waals surface area contributed by atoms with Gasteiger partial charge in [0.1, 0.15) is 0 Å². The van der Waals surface area contributed by atoms with Crippen molar-refractivity contribution in [2.45, 2.75) is 76.7 Å². The number of hydrogen-bond acceptors (Lipinski definition) is 3. The molecule has 114 valence electrons. The van der Waals surface area contributed by atoms with Crippen molar-refractivity contribution in [2.75, 3.05) is 6.61 Å². The third-order valence-corrected chi connectivity index (χ3v) is 4.73. The highest BCUT2D eigenvalue weighted by atomic mass is 16.5. The largest absolute Gasteiger partial charge is 0.463 e. The van der Waals surface area contributed by atoms with E-state index in [0.29, 0.717) is 30.9 Å². The fraction of sp³-hybridized carbons (Fsp3) is 0.824. The van der Waals surface area contributed by atoms with Crippen LogP contribution in [0.5, 0.6) is 0 Å². The molecular formula is C17H28O3. The lowest BCUT2D eigenvalue weighted by molar-refractivity contribution is -0.141. The summed E-state index contributed by atoms with van der Waals surface area (Å²) < 4.78 is 5.20. The Morgan fingerprint density at radius 3 is 2.35 bits per heavy atom. The number of ether oxygens (including phenoxy) is 1. The lowest BCUT2D eigenvalue weighted by Gasteiger charge is -2.34. The second-order valence-electron chi connectivity index (χ2n) is 6.29. The van der Waals surface area contributed by atoms with Gasteiger partial charge in [-0.3, -0.25) is 0 Å². The van der Waals surface area contributed by atoms with Crippen molar-refractivity contribution in [1.82, 2.24) is 0 Å². The van der Waals surface area contributed by atoms with Crippen molar-refractivity contribution < 1.29 is 14.6 Å². The van der Waals surface area contributed by atoms with Gasteiger partial charge in [-0.2, -0.15) is 0 Å². The summed E-state index contributed by atoms with van der Waals surface area (Å²) in [6, 6.07) is 0. The average Bonchev–Trinajstić information content (AvgIpc) is 2.47. The zero-order valence-electron chi connectivity index (χ0n) is 12.7. The van der Waals surface area contributed by atoms with E-state index < -0.39 is 5.60 Å². The first-order valence-corrected chi connectivity index (χ1v) is 8.27. The molecule has 0 amide bonds. The Hall–Kier alpha value is -0.830. The molecule has 0 aromatic heterocycles. The Balaban J connectivity index is 2.18. The van der Waals surface area contributed by atoms with Crippen molar-refractivity contribution in [2.24, 2.45) is 5.92 Å². The van der Waals surface area contributed by atoms with Gasteiger partial charge in [-0.05, 0) is 38.5 Å². The Morgan fingerprint density at radius 2 is 1.75 bits per heavy atom. The summed E-state index contributed by atoms with van der Waals surface area (Å²) in [7, 11) is 0. The zero-order chi connectivity index (χ0) is 14.4. The molecule has 20 heavy (non-hydrogen) atoms. The average molecular weight is 280 g/mol. The van der Waals surface area contributed by atoms with Gasteiger partial charge in [-0.15, -0.1) is 0 Å². The molecule has 0 aromatic carbocycles. The van der Waals surface area contributed by atoms with Gasteiger partial charge in [0.15, 0.2) is 0 Å². The van der Waals surface area contributed by atoms with Gasteiger partial charge in [0.05, 0.1) is 17.8 Å². The zero-order valence-corrected chi connectivity index (χ0v) is 12.7. The summed E-state index contributed by atoms with van der Waals surface area (Å²) >= 11 is 0. The number of carbonyl (C=O) groups excluding carboxylic acids is 1. The molecule has 2 saturated carbocycles. The van der Waals surface area contributed by atoms with Crippen LogP contribution in [0.25, 0.3) is 0 Å². The molecule has 3 heteroatoms. The van der Waals surface area contributed by atoms with Crippen LogP contribution in [0, 0.1) is 5.92 Å². The van der Waals surface area contributed by atoms with Crippen LogP contribution in [0.3, 0.4) is 0 Å². The molecule has 2 rings (SSSR count). The molecule has 0 atom stereocenters. The number of rotatable bonds is 4. The molecule has 0 unspecified atom stereocenters. The van der Waals surface area contributed by atoms with Crippen LogP contribution in [-0.4, -0.2) is 23.3 Å². The molecule has 0 aromatic rings. The Kier molecular flexibility index (Phi) is 5.64. The van der Waals surface area contributed by atoms with Gasteiger partial charge in [0, 0.05) is 0 Å². The summed E-state index contributed by atoms with van der Waals surface area (Å²) in [6.07, 6.45) is 12.6. The van der Waals surface area contributed by atoms with Gasteiger partial charge in [-0.1, -0.05) is 44.6 Å². The van der Waals surface area contributed by atoms with Gasteiger partial charge in [0.25, 0.3) is 0 Å². The first-order valence-electron chi connectivity index (χ1n) is 8.27. The molecule has 2 aliphatic rings. The highest BCUT2D eigenvalue weighted by molar-refractivity contribution is 5.90. The summed E-state index contributed by atoms with van der Waals surface area (Å²) in [4.78, 5) is 12.3. The van der Waals surface area contributed by atoms with Crippen LogP contribution < -0.4 is 0 Å². The predicted molar refractivity (Wildman–Crippen MR) is 79.3 cm³/mol. The van der Waals surface area contributed by atoms with E-state index in [1.807, 2.05) is 13.0 Å². The number of carbonyl (C=O) groups is 1. The monoisotopic (exact) mass is 280 g/mol. The predicted octanol–water partition coefficient (Wildman–Crippen LogP) is 3.75. The van der Waals surface area contributed by atoms with Crippen LogP contribution in [0.2, 0.25) is 0 Å². The van der Waals surface area contributed by atoms with E-state index in [9.17, 15) is 9.90 Å². The van der Waals surface area contributed by atoms with Crippen LogP contribution in [-0.2, 0) is 9.53 Å². The lowest BCUT2D eigenvalue weighted by atomic mass is 9.77. The lowest BCUT2D eigenvalue weighted by Crippen LogP contribution is -2.38. The van der Waals surface area contributed by atoms with E-state index in [1.165, 1.54) is 19.3 Å². The Morgan fingerprint density at radius 1 is 1.15 bits per heavy atom. The van der Waals surface area contributed by atoms with Crippen LogP contribution in [0.1, 0.15) is 71.1 Å². The smallest absolute Gasteiger partial charge is 0.336 e. The molecule has 0 spiro atoms. The number of allylic oxidation sites excluding steroid dienone is 1. The minimum Gasteiger partial charge on any atom is -0.463 e. The Labute approximate surface area is 122 Å². The van der Waals surface area contributed by atoms with E-state index in [-0.39, 0.29) is 5.97 Å². The molecule has 0 radical (unpaired) electrons. The third kappa shape index (κ3) is 3.85. The standard InChI is InChI=1S/C17H28O3/c1-2-20-16(18)15(13-14-9-5-3-6-10-14)17(19)11-7-4-8-12-17/h13-14,19H,2-12H2,1H3. The van der Waals surface area contributed by atoms with Crippen LogP contribution in [0.15, 0.2) is 11.6 Å². The summed E-state index contributed by atoms with van der Waals surface area (Å²) in [5, 5.41) is 10.9. The van der Waals surface area contributed by atoms with Gasteiger partial charge >= 0.3 is 5.97 Å². The number of hydrogen-bond donors (Lipinski definition) is 1. The highest BCUT2D eigenvalue weighted by Gasteiger charge is 2.38. The van der Waals surface area contributed by atoms with Crippen molar-refractivity contribution in [3.63, 3.8) is 0 Å². The topological polar surface area (TPSA) is 46.5 Å². The molecule has 0 aliphatic heterocycles. The molecule has 2 aliphatic carbocycles. The van der Waals surface area contributed by atoms with Crippen LogP contribution in [0.4, 0.5) is 0 Å².